The van der Waals surface area contributed by atoms with E-state index in [9.17, 15) is 26.3 Å². The van der Waals surface area contributed by atoms with Gasteiger partial charge in [-0.1, -0.05) is 29.8 Å². The van der Waals surface area contributed by atoms with E-state index >= 15 is 0 Å². The fraction of sp³-hybridized carbons (Fsp3) is 0.143. The summed E-state index contributed by atoms with van der Waals surface area (Å²) in [6.07, 6.45) is -9.00. The molecule has 0 heterocycles. The van der Waals surface area contributed by atoms with Crippen molar-refractivity contribution in [2.75, 3.05) is 0 Å². The molecule has 0 unspecified atom stereocenters. The highest BCUT2D eigenvalue weighted by Crippen LogP contribution is 2.36. The molecule has 0 atom stereocenters. The van der Waals surface area contributed by atoms with E-state index in [1.165, 1.54) is 0 Å². The summed E-state index contributed by atoms with van der Waals surface area (Å²) in [6, 6.07) is 6.74. The summed E-state index contributed by atoms with van der Waals surface area (Å²) >= 11 is 5.78. The molecule has 0 radical (unpaired) electrons. The van der Waals surface area contributed by atoms with Crippen LogP contribution in [0.4, 0.5) is 26.3 Å². The maximum Gasteiger partial charge on any atom is 0.416 e. The summed E-state index contributed by atoms with van der Waals surface area (Å²) in [5.41, 5.74) is -1.21. The molecule has 7 heteroatoms. The summed E-state index contributed by atoms with van der Waals surface area (Å²) in [6.45, 7) is 0. The maximum atomic E-state index is 12.5. The lowest BCUT2D eigenvalue weighted by atomic mass is 10.0. The van der Waals surface area contributed by atoms with Crippen LogP contribution < -0.4 is 0 Å². The van der Waals surface area contributed by atoms with Crippen LogP contribution in [0.25, 0.3) is 11.1 Å². The van der Waals surface area contributed by atoms with E-state index < -0.39 is 23.5 Å². The molecule has 0 saturated carbocycles. The molecule has 2 aromatic rings. The van der Waals surface area contributed by atoms with Crippen molar-refractivity contribution in [2.24, 2.45) is 0 Å². The van der Waals surface area contributed by atoms with E-state index in [0.29, 0.717) is 5.56 Å². The summed E-state index contributed by atoms with van der Waals surface area (Å²) in [4.78, 5) is 0. The first-order chi connectivity index (χ1) is 9.59. The van der Waals surface area contributed by atoms with E-state index in [-0.39, 0.29) is 10.6 Å². The van der Waals surface area contributed by atoms with Crippen LogP contribution in [0.3, 0.4) is 0 Å². The maximum absolute atomic E-state index is 12.5. The Morgan fingerprint density at radius 1 is 0.667 bits per heavy atom. The van der Waals surface area contributed by atoms with Gasteiger partial charge >= 0.3 is 12.4 Å². The lowest BCUT2D eigenvalue weighted by molar-refractivity contribution is -0.138. The molecule has 0 aromatic heterocycles. The van der Waals surface area contributed by atoms with Gasteiger partial charge in [-0.2, -0.15) is 26.3 Å². The van der Waals surface area contributed by atoms with E-state index in [2.05, 4.69) is 0 Å². The quantitative estimate of drug-likeness (QED) is 0.561. The van der Waals surface area contributed by atoms with Gasteiger partial charge in [-0.3, -0.25) is 0 Å². The van der Waals surface area contributed by atoms with Gasteiger partial charge in [0.2, 0.25) is 0 Å². The average molecular weight is 325 g/mol. The number of rotatable bonds is 1. The van der Waals surface area contributed by atoms with Crippen LogP contribution in [0.15, 0.2) is 42.5 Å². The second-order valence-electron chi connectivity index (χ2n) is 4.27. The van der Waals surface area contributed by atoms with Gasteiger partial charge in [-0.25, -0.2) is 0 Å². The van der Waals surface area contributed by atoms with E-state index in [1.54, 1.807) is 0 Å². The molecular formula is C14H7ClF6. The molecule has 2 rings (SSSR count). The molecule has 0 aliphatic rings. The second-order valence-corrected chi connectivity index (χ2v) is 4.67. The van der Waals surface area contributed by atoms with Gasteiger partial charge in [0.15, 0.2) is 0 Å². The first kappa shape index (κ1) is 15.7. The van der Waals surface area contributed by atoms with Crippen molar-refractivity contribution in [1.82, 2.24) is 0 Å². The van der Waals surface area contributed by atoms with Crippen LogP contribution in [-0.2, 0) is 12.4 Å². The van der Waals surface area contributed by atoms with Crippen LogP contribution in [0.2, 0.25) is 5.02 Å². The summed E-state index contributed by atoms with van der Waals surface area (Å²) in [7, 11) is 0. The number of alkyl halides is 6. The zero-order valence-electron chi connectivity index (χ0n) is 10.2. The molecule has 0 amide bonds. The second kappa shape index (κ2) is 5.26. The van der Waals surface area contributed by atoms with Crippen molar-refractivity contribution in [3.63, 3.8) is 0 Å². The molecule has 0 fully saturated rings. The Kier molecular flexibility index (Phi) is 3.93. The van der Waals surface area contributed by atoms with Crippen molar-refractivity contribution in [2.45, 2.75) is 12.4 Å². The molecule has 0 N–H and O–H groups in total. The van der Waals surface area contributed by atoms with Crippen LogP contribution in [0.1, 0.15) is 11.1 Å². The number of benzene rings is 2. The molecule has 0 aliphatic heterocycles. The minimum atomic E-state index is -4.53. The Labute approximate surface area is 121 Å². The summed E-state index contributed by atoms with van der Waals surface area (Å²) < 4.78 is 74.8. The smallest absolute Gasteiger partial charge is 0.166 e. The van der Waals surface area contributed by atoms with Gasteiger partial charge in [0, 0.05) is 10.6 Å². The predicted octanol–water partition coefficient (Wildman–Crippen LogP) is 6.04. The van der Waals surface area contributed by atoms with Gasteiger partial charge in [-0.15, -0.1) is 0 Å². The molecule has 0 spiro atoms. The third-order valence-corrected chi connectivity index (χ3v) is 3.13. The van der Waals surface area contributed by atoms with E-state index in [4.69, 9.17) is 11.6 Å². The Balaban J connectivity index is 2.39. The SMILES string of the molecule is FC(F)(F)c1ccc(-c2ccc(C(F)(F)F)cc2Cl)cc1. The normalized spacial score (nSPS) is 12.5. The number of hydrogen-bond donors (Lipinski definition) is 0. The summed E-state index contributed by atoms with van der Waals surface area (Å²) in [5, 5.41) is -0.176. The van der Waals surface area contributed by atoms with Gasteiger partial charge in [0.25, 0.3) is 0 Å². The van der Waals surface area contributed by atoms with Crippen molar-refractivity contribution < 1.29 is 26.3 Å². The third-order valence-electron chi connectivity index (χ3n) is 2.82. The van der Waals surface area contributed by atoms with Crippen molar-refractivity contribution >= 4 is 11.6 Å². The minimum Gasteiger partial charge on any atom is -0.166 e. The number of halogens is 7. The highest BCUT2D eigenvalue weighted by Gasteiger charge is 2.31. The Morgan fingerprint density at radius 2 is 1.14 bits per heavy atom. The fourth-order valence-electron chi connectivity index (χ4n) is 1.76. The molecule has 2 aromatic carbocycles. The molecule has 0 nitrogen and oxygen atoms in total. The first-order valence-corrected chi connectivity index (χ1v) is 6.01. The van der Waals surface area contributed by atoms with Crippen molar-refractivity contribution in [1.29, 1.82) is 0 Å². The Hall–Kier alpha value is -1.69. The van der Waals surface area contributed by atoms with Crippen LogP contribution in [-0.4, -0.2) is 0 Å². The highest BCUT2D eigenvalue weighted by molar-refractivity contribution is 6.33. The zero-order valence-corrected chi connectivity index (χ0v) is 10.9. The van der Waals surface area contributed by atoms with Crippen molar-refractivity contribution in [3.8, 4) is 11.1 Å². The largest absolute Gasteiger partial charge is 0.416 e. The third kappa shape index (κ3) is 3.50. The molecule has 112 valence electrons. The average Bonchev–Trinajstić information content (AvgIpc) is 2.36. The molecule has 0 saturated heterocycles. The summed E-state index contributed by atoms with van der Waals surface area (Å²) in [5.74, 6) is 0. The fourth-order valence-corrected chi connectivity index (χ4v) is 2.05. The molecule has 21 heavy (non-hydrogen) atoms. The van der Waals surface area contributed by atoms with Crippen LogP contribution >= 0.6 is 11.6 Å². The molecule has 0 bridgehead atoms. The highest BCUT2D eigenvalue weighted by atomic mass is 35.5. The molecular weight excluding hydrogens is 318 g/mol. The minimum absolute atomic E-state index is 0.176. The van der Waals surface area contributed by atoms with Gasteiger partial charge in [0.05, 0.1) is 11.1 Å². The van der Waals surface area contributed by atoms with Crippen LogP contribution in [0, 0.1) is 0 Å². The predicted molar refractivity (Wildman–Crippen MR) is 66.9 cm³/mol. The van der Waals surface area contributed by atoms with Gasteiger partial charge < -0.3 is 0 Å². The van der Waals surface area contributed by atoms with E-state index in [1.807, 2.05) is 0 Å². The monoisotopic (exact) mass is 324 g/mol. The first-order valence-electron chi connectivity index (χ1n) is 5.63. The zero-order chi connectivity index (χ0) is 15.8. The number of hydrogen-bond acceptors (Lipinski definition) is 0. The molecule has 0 aliphatic carbocycles. The van der Waals surface area contributed by atoms with Gasteiger partial charge in [0.1, 0.15) is 0 Å². The van der Waals surface area contributed by atoms with Crippen LogP contribution in [0.5, 0.6) is 0 Å². The lowest BCUT2D eigenvalue weighted by Crippen LogP contribution is -2.05. The lowest BCUT2D eigenvalue weighted by Gasteiger charge is -2.11. The Morgan fingerprint density at radius 3 is 1.57 bits per heavy atom. The van der Waals surface area contributed by atoms with Crippen molar-refractivity contribution in [3.05, 3.63) is 58.6 Å². The van der Waals surface area contributed by atoms with E-state index in [0.717, 1.165) is 42.5 Å². The van der Waals surface area contributed by atoms with Gasteiger partial charge in [-0.05, 0) is 29.8 Å². The Bertz CT molecular complexity index is 640. The standard InChI is InChI=1S/C14H7ClF6/c15-12-7-10(14(19,20)21)5-6-11(12)8-1-3-9(4-2-8)13(16,17)18/h1-7H. The topological polar surface area (TPSA) is 0 Å².